The van der Waals surface area contributed by atoms with E-state index in [2.05, 4.69) is 6.92 Å². The molecule has 0 atom stereocenters. The van der Waals surface area contributed by atoms with Crippen molar-refractivity contribution in [3.8, 4) is 5.75 Å². The van der Waals surface area contributed by atoms with Crippen LogP contribution in [-0.4, -0.2) is 18.7 Å². The molecule has 18 heavy (non-hydrogen) atoms. The minimum atomic E-state index is -0.959. The highest BCUT2D eigenvalue weighted by molar-refractivity contribution is 5.78. The maximum absolute atomic E-state index is 11.5. The van der Waals surface area contributed by atoms with Crippen LogP contribution in [0.1, 0.15) is 39.2 Å². The number of hydrogen-bond acceptors (Lipinski definition) is 3. The predicted octanol–water partition coefficient (Wildman–Crippen LogP) is 3.36. The van der Waals surface area contributed by atoms with Gasteiger partial charge in [-0.2, -0.15) is 0 Å². The number of hydrogen-bond donors (Lipinski definition) is 0. The molecule has 0 amide bonds. The van der Waals surface area contributed by atoms with Gasteiger partial charge in [0.2, 0.25) is 0 Å². The van der Waals surface area contributed by atoms with Crippen LogP contribution in [0.25, 0.3) is 0 Å². The van der Waals surface area contributed by atoms with Gasteiger partial charge in [0.15, 0.2) is 5.60 Å². The van der Waals surface area contributed by atoms with E-state index in [1.54, 1.807) is 13.8 Å². The number of unbranched alkanes of at least 4 members (excludes halogenated alkanes) is 1. The quantitative estimate of drug-likeness (QED) is 0.726. The fourth-order valence-corrected chi connectivity index (χ4v) is 1.69. The van der Waals surface area contributed by atoms with Gasteiger partial charge in [0.1, 0.15) is 5.75 Å². The van der Waals surface area contributed by atoms with E-state index < -0.39 is 5.60 Å². The Morgan fingerprint density at radius 3 is 2.33 bits per heavy atom. The molecule has 3 nitrogen and oxygen atoms in total. The number of carbonyl (C=O) groups excluding carboxylic acids is 1. The monoisotopic (exact) mass is 250 g/mol. The zero-order valence-corrected chi connectivity index (χ0v) is 11.7. The van der Waals surface area contributed by atoms with E-state index >= 15 is 0 Å². The summed E-state index contributed by atoms with van der Waals surface area (Å²) in [5.41, 5.74) is 0.333. The Kier molecular flexibility index (Phi) is 5.20. The topological polar surface area (TPSA) is 35.5 Å². The molecule has 0 heterocycles. The molecular weight excluding hydrogens is 228 g/mol. The van der Waals surface area contributed by atoms with Crippen LogP contribution in [0.4, 0.5) is 0 Å². The Morgan fingerprint density at radius 2 is 1.83 bits per heavy atom. The minimum Gasteiger partial charge on any atom is -0.476 e. The summed E-state index contributed by atoms with van der Waals surface area (Å²) in [5, 5.41) is 0. The van der Waals surface area contributed by atoms with Crippen molar-refractivity contribution < 1.29 is 14.3 Å². The number of esters is 1. The first kappa shape index (κ1) is 14.6. The number of benzene rings is 1. The Labute approximate surface area is 109 Å². The summed E-state index contributed by atoms with van der Waals surface area (Å²) in [6.07, 6.45) is 3.46. The van der Waals surface area contributed by atoms with Gasteiger partial charge in [-0.15, -0.1) is 0 Å². The van der Waals surface area contributed by atoms with Gasteiger partial charge in [0.05, 0.1) is 7.11 Å². The van der Waals surface area contributed by atoms with Crippen LogP contribution in [0.15, 0.2) is 24.3 Å². The zero-order valence-electron chi connectivity index (χ0n) is 11.7. The Balaban J connectivity index is 2.66. The molecule has 0 spiro atoms. The second kappa shape index (κ2) is 6.43. The van der Waals surface area contributed by atoms with Crippen LogP contribution in [0.3, 0.4) is 0 Å². The first-order valence-electron chi connectivity index (χ1n) is 6.36. The fourth-order valence-electron chi connectivity index (χ4n) is 1.69. The van der Waals surface area contributed by atoms with E-state index in [0.29, 0.717) is 5.75 Å². The standard InChI is InChI=1S/C15H22O3/c1-5-6-7-12-8-10-13(11-9-12)18-15(2,3)14(16)17-4/h8-11H,5-7H2,1-4H3. The molecule has 3 heteroatoms. The molecule has 0 aromatic heterocycles. The van der Waals surface area contributed by atoms with Crippen LogP contribution < -0.4 is 4.74 Å². The molecule has 0 unspecified atom stereocenters. The highest BCUT2D eigenvalue weighted by Gasteiger charge is 2.30. The minimum absolute atomic E-state index is 0.377. The van der Waals surface area contributed by atoms with Crippen molar-refractivity contribution in [1.82, 2.24) is 0 Å². The lowest BCUT2D eigenvalue weighted by Crippen LogP contribution is -2.39. The maximum Gasteiger partial charge on any atom is 0.349 e. The Hall–Kier alpha value is -1.51. The zero-order chi connectivity index (χ0) is 13.6. The average Bonchev–Trinajstić information content (AvgIpc) is 2.36. The molecule has 0 N–H and O–H groups in total. The van der Waals surface area contributed by atoms with E-state index in [4.69, 9.17) is 9.47 Å². The van der Waals surface area contributed by atoms with Gasteiger partial charge >= 0.3 is 5.97 Å². The van der Waals surface area contributed by atoms with Crippen LogP contribution in [0, 0.1) is 0 Å². The van der Waals surface area contributed by atoms with Gasteiger partial charge in [-0.3, -0.25) is 0 Å². The third-order valence-electron chi connectivity index (χ3n) is 2.79. The average molecular weight is 250 g/mol. The molecule has 0 aliphatic carbocycles. The summed E-state index contributed by atoms with van der Waals surface area (Å²) >= 11 is 0. The molecule has 1 rings (SSSR count). The lowest BCUT2D eigenvalue weighted by molar-refractivity contribution is -0.156. The summed E-state index contributed by atoms with van der Waals surface area (Å²) in [6, 6.07) is 7.88. The number of aryl methyl sites for hydroxylation is 1. The molecule has 0 saturated carbocycles. The van der Waals surface area contributed by atoms with Gasteiger partial charge in [-0.25, -0.2) is 4.79 Å². The number of ether oxygens (including phenoxy) is 2. The molecule has 0 aliphatic rings. The number of carbonyl (C=O) groups is 1. The van der Waals surface area contributed by atoms with Crippen LogP contribution in [-0.2, 0) is 16.0 Å². The Morgan fingerprint density at radius 1 is 1.22 bits per heavy atom. The largest absolute Gasteiger partial charge is 0.476 e. The SMILES string of the molecule is CCCCc1ccc(OC(C)(C)C(=O)OC)cc1. The van der Waals surface area contributed by atoms with Gasteiger partial charge in [-0.05, 0) is 44.4 Å². The van der Waals surface area contributed by atoms with Crippen molar-refractivity contribution in [1.29, 1.82) is 0 Å². The summed E-state index contributed by atoms with van der Waals surface area (Å²) in [7, 11) is 1.36. The first-order valence-corrected chi connectivity index (χ1v) is 6.36. The molecule has 0 fully saturated rings. The van der Waals surface area contributed by atoms with Crippen molar-refractivity contribution in [2.75, 3.05) is 7.11 Å². The molecule has 0 aliphatic heterocycles. The third-order valence-corrected chi connectivity index (χ3v) is 2.79. The molecule has 0 bridgehead atoms. The van der Waals surface area contributed by atoms with Crippen molar-refractivity contribution in [3.63, 3.8) is 0 Å². The van der Waals surface area contributed by atoms with Crippen molar-refractivity contribution >= 4 is 5.97 Å². The van der Waals surface area contributed by atoms with Crippen molar-refractivity contribution in [2.45, 2.75) is 45.6 Å². The second-order valence-electron chi connectivity index (χ2n) is 4.85. The van der Waals surface area contributed by atoms with E-state index in [0.717, 1.165) is 6.42 Å². The smallest absolute Gasteiger partial charge is 0.349 e. The van der Waals surface area contributed by atoms with Gasteiger partial charge in [0, 0.05) is 0 Å². The fraction of sp³-hybridized carbons (Fsp3) is 0.533. The van der Waals surface area contributed by atoms with Crippen molar-refractivity contribution in [3.05, 3.63) is 29.8 Å². The van der Waals surface area contributed by atoms with Crippen LogP contribution in [0.2, 0.25) is 0 Å². The van der Waals surface area contributed by atoms with E-state index in [9.17, 15) is 4.79 Å². The summed E-state index contributed by atoms with van der Waals surface area (Å²) < 4.78 is 10.3. The molecule has 0 saturated heterocycles. The summed E-state index contributed by atoms with van der Waals surface area (Å²) in [6.45, 7) is 5.57. The van der Waals surface area contributed by atoms with E-state index in [-0.39, 0.29) is 5.97 Å². The maximum atomic E-state index is 11.5. The van der Waals surface area contributed by atoms with Gasteiger partial charge in [-0.1, -0.05) is 25.5 Å². The molecule has 100 valence electrons. The lowest BCUT2D eigenvalue weighted by atomic mass is 10.1. The van der Waals surface area contributed by atoms with Crippen molar-refractivity contribution in [2.24, 2.45) is 0 Å². The molecule has 1 aromatic carbocycles. The predicted molar refractivity (Wildman–Crippen MR) is 71.8 cm³/mol. The number of methoxy groups -OCH3 is 1. The van der Waals surface area contributed by atoms with Crippen LogP contribution >= 0.6 is 0 Å². The second-order valence-corrected chi connectivity index (χ2v) is 4.85. The molecular formula is C15H22O3. The van der Waals surface area contributed by atoms with Gasteiger partial charge < -0.3 is 9.47 Å². The van der Waals surface area contributed by atoms with Crippen LogP contribution in [0.5, 0.6) is 5.75 Å². The third kappa shape index (κ3) is 4.06. The Bertz CT molecular complexity index is 379. The van der Waals surface area contributed by atoms with E-state index in [1.807, 2.05) is 24.3 Å². The van der Waals surface area contributed by atoms with Gasteiger partial charge in [0.25, 0.3) is 0 Å². The summed E-state index contributed by atoms with van der Waals surface area (Å²) in [5.74, 6) is 0.309. The number of rotatable bonds is 6. The molecule has 0 radical (unpaired) electrons. The highest BCUT2D eigenvalue weighted by Crippen LogP contribution is 2.20. The summed E-state index contributed by atoms with van der Waals surface area (Å²) in [4.78, 5) is 11.5. The first-order chi connectivity index (χ1) is 8.49. The molecule has 1 aromatic rings. The van der Waals surface area contributed by atoms with E-state index in [1.165, 1.54) is 25.5 Å². The lowest BCUT2D eigenvalue weighted by Gasteiger charge is -2.23. The normalized spacial score (nSPS) is 11.1. The highest BCUT2D eigenvalue weighted by atomic mass is 16.6.